The van der Waals surface area contributed by atoms with Crippen LogP contribution >= 0.6 is 34.8 Å². The summed E-state index contributed by atoms with van der Waals surface area (Å²) in [4.78, 5) is 3.91. The van der Waals surface area contributed by atoms with Crippen LogP contribution in [0, 0.1) is 0 Å². The lowest BCUT2D eigenvalue weighted by Crippen LogP contribution is -1.90. The minimum atomic E-state index is 0.450. The van der Waals surface area contributed by atoms with E-state index in [1.165, 1.54) is 6.20 Å². The fourth-order valence-corrected chi connectivity index (χ4v) is 1.63. The minimum absolute atomic E-state index is 0.450. The third-order valence-corrected chi connectivity index (χ3v) is 2.66. The number of hydrogen-bond donors (Lipinski definition) is 0. The van der Waals surface area contributed by atoms with Crippen molar-refractivity contribution in [2.24, 2.45) is 0 Å². The Labute approximate surface area is 86.7 Å². The molecule has 66 valence electrons. The summed E-state index contributed by atoms with van der Waals surface area (Å²) in [7, 11) is 0. The molecule has 1 heterocycles. The fourth-order valence-electron chi connectivity index (χ4n) is 0.946. The van der Waals surface area contributed by atoms with E-state index in [2.05, 4.69) is 4.98 Å². The molecule has 0 unspecified atom stereocenters. The Bertz CT molecular complexity index is 286. The van der Waals surface area contributed by atoms with Crippen LogP contribution in [0.3, 0.4) is 0 Å². The van der Waals surface area contributed by atoms with Crippen LogP contribution in [0.25, 0.3) is 0 Å². The summed E-state index contributed by atoms with van der Waals surface area (Å²) in [5.41, 5.74) is 0.841. The molecule has 0 saturated carbocycles. The molecule has 4 heteroatoms. The number of nitrogens with zero attached hydrogens (tertiary/aromatic N) is 1. The van der Waals surface area contributed by atoms with Gasteiger partial charge in [0.2, 0.25) is 0 Å². The van der Waals surface area contributed by atoms with Gasteiger partial charge >= 0.3 is 0 Å². The molecule has 0 N–H and O–H groups in total. The van der Waals surface area contributed by atoms with Crippen LogP contribution in [-0.4, -0.2) is 4.98 Å². The summed E-state index contributed by atoms with van der Waals surface area (Å²) in [5, 5.41) is 1.44. The molecule has 12 heavy (non-hydrogen) atoms. The molecule has 0 amide bonds. The maximum Gasteiger partial charge on any atom is 0.133 e. The zero-order valence-corrected chi connectivity index (χ0v) is 8.84. The van der Waals surface area contributed by atoms with Gasteiger partial charge in [-0.05, 0) is 6.42 Å². The summed E-state index contributed by atoms with van der Waals surface area (Å²) < 4.78 is 0. The van der Waals surface area contributed by atoms with Gasteiger partial charge in [-0.25, -0.2) is 4.98 Å². The van der Waals surface area contributed by atoms with Crippen molar-refractivity contribution in [2.75, 3.05) is 0 Å². The highest BCUT2D eigenvalue weighted by atomic mass is 35.5. The Balaban J connectivity index is 3.14. The molecule has 0 aromatic carbocycles. The van der Waals surface area contributed by atoms with Gasteiger partial charge in [0.15, 0.2) is 0 Å². The number of rotatable bonds is 2. The van der Waals surface area contributed by atoms with Crippen molar-refractivity contribution in [3.63, 3.8) is 0 Å². The largest absolute Gasteiger partial charge is 0.243 e. The normalized spacial score (nSPS) is 10.3. The molecule has 0 spiro atoms. The van der Waals surface area contributed by atoms with E-state index in [-0.39, 0.29) is 0 Å². The van der Waals surface area contributed by atoms with E-state index in [1.54, 1.807) is 0 Å². The van der Waals surface area contributed by atoms with E-state index >= 15 is 0 Å². The lowest BCUT2D eigenvalue weighted by atomic mass is 10.2. The van der Waals surface area contributed by atoms with Crippen LogP contribution in [0.2, 0.25) is 15.2 Å². The average Bonchev–Trinajstić information content (AvgIpc) is 2.06. The summed E-state index contributed by atoms with van der Waals surface area (Å²) in [6.07, 6.45) is 3.25. The van der Waals surface area contributed by atoms with Gasteiger partial charge in [-0.2, -0.15) is 0 Å². The first kappa shape index (κ1) is 10.1. The predicted octanol–water partition coefficient (Wildman–Crippen LogP) is 3.99. The fraction of sp³-hybridized carbons (Fsp3) is 0.375. The molecule has 0 radical (unpaired) electrons. The molecule has 1 aromatic rings. The maximum atomic E-state index is 5.92. The van der Waals surface area contributed by atoms with Crippen LogP contribution in [-0.2, 0) is 6.42 Å². The summed E-state index contributed by atoms with van der Waals surface area (Å²) in [6, 6.07) is 0. The van der Waals surface area contributed by atoms with Crippen LogP contribution in [0.1, 0.15) is 18.9 Å². The monoisotopic (exact) mass is 223 g/mol. The van der Waals surface area contributed by atoms with Crippen molar-refractivity contribution in [2.45, 2.75) is 19.8 Å². The van der Waals surface area contributed by atoms with Crippen molar-refractivity contribution in [3.8, 4) is 0 Å². The van der Waals surface area contributed by atoms with Gasteiger partial charge in [-0.15, -0.1) is 0 Å². The van der Waals surface area contributed by atoms with Crippen LogP contribution in [0.4, 0.5) is 0 Å². The van der Waals surface area contributed by atoms with E-state index in [0.29, 0.717) is 15.2 Å². The van der Waals surface area contributed by atoms with Crippen molar-refractivity contribution in [3.05, 3.63) is 27.0 Å². The van der Waals surface area contributed by atoms with Crippen molar-refractivity contribution in [1.29, 1.82) is 0 Å². The third-order valence-electron chi connectivity index (χ3n) is 1.51. The van der Waals surface area contributed by atoms with Crippen molar-refractivity contribution < 1.29 is 0 Å². The smallest absolute Gasteiger partial charge is 0.133 e. The molecule has 0 atom stereocenters. The van der Waals surface area contributed by atoms with Crippen LogP contribution in [0.15, 0.2) is 6.20 Å². The third kappa shape index (κ3) is 2.03. The minimum Gasteiger partial charge on any atom is -0.243 e. The number of pyridine rings is 1. The highest BCUT2D eigenvalue weighted by molar-refractivity contribution is 6.43. The first-order valence-electron chi connectivity index (χ1n) is 3.65. The molecular weight excluding hydrogens is 216 g/mol. The second-order valence-corrected chi connectivity index (χ2v) is 3.58. The Kier molecular flexibility index (Phi) is 3.63. The highest BCUT2D eigenvalue weighted by Crippen LogP contribution is 2.30. The molecule has 0 bridgehead atoms. The number of aromatic nitrogens is 1. The van der Waals surface area contributed by atoms with Gasteiger partial charge in [0, 0.05) is 11.8 Å². The first-order chi connectivity index (χ1) is 5.66. The van der Waals surface area contributed by atoms with Gasteiger partial charge in [-0.1, -0.05) is 48.1 Å². The Morgan fingerprint density at radius 2 is 2.00 bits per heavy atom. The van der Waals surface area contributed by atoms with Gasteiger partial charge in [0.1, 0.15) is 5.15 Å². The van der Waals surface area contributed by atoms with Crippen LogP contribution in [0.5, 0.6) is 0 Å². The van der Waals surface area contributed by atoms with Gasteiger partial charge in [0.25, 0.3) is 0 Å². The molecule has 1 aromatic heterocycles. The zero-order chi connectivity index (χ0) is 9.14. The summed E-state index contributed by atoms with van der Waals surface area (Å²) in [5.74, 6) is 0. The maximum absolute atomic E-state index is 5.92. The molecular formula is C8H8Cl3N. The Morgan fingerprint density at radius 1 is 1.33 bits per heavy atom. The average molecular weight is 225 g/mol. The van der Waals surface area contributed by atoms with E-state index in [0.717, 1.165) is 18.4 Å². The van der Waals surface area contributed by atoms with E-state index in [4.69, 9.17) is 34.8 Å². The lowest BCUT2D eigenvalue weighted by molar-refractivity contribution is 0.914. The van der Waals surface area contributed by atoms with Gasteiger partial charge in [-0.3, -0.25) is 0 Å². The SMILES string of the molecule is CCCc1c(Cl)ncc(Cl)c1Cl. The topological polar surface area (TPSA) is 12.9 Å². The van der Waals surface area contributed by atoms with Crippen molar-refractivity contribution >= 4 is 34.8 Å². The number of halogens is 3. The molecule has 0 saturated heterocycles. The zero-order valence-electron chi connectivity index (χ0n) is 6.57. The summed E-state index contributed by atoms with van der Waals surface area (Å²) in [6.45, 7) is 2.05. The van der Waals surface area contributed by atoms with E-state index < -0.39 is 0 Å². The second-order valence-electron chi connectivity index (χ2n) is 2.44. The molecule has 0 aliphatic rings. The predicted molar refractivity (Wildman–Crippen MR) is 53.3 cm³/mol. The lowest BCUT2D eigenvalue weighted by Gasteiger charge is -2.05. The van der Waals surface area contributed by atoms with Crippen molar-refractivity contribution in [1.82, 2.24) is 4.98 Å². The molecule has 1 rings (SSSR count). The van der Waals surface area contributed by atoms with Crippen LogP contribution < -0.4 is 0 Å². The van der Waals surface area contributed by atoms with Gasteiger partial charge in [0.05, 0.1) is 10.0 Å². The van der Waals surface area contributed by atoms with Gasteiger partial charge < -0.3 is 0 Å². The quantitative estimate of drug-likeness (QED) is 0.692. The molecule has 0 aliphatic heterocycles. The first-order valence-corrected chi connectivity index (χ1v) is 4.78. The standard InChI is InChI=1S/C8H8Cl3N/c1-2-3-5-7(10)6(9)4-12-8(5)11/h4H,2-3H2,1H3. The number of hydrogen-bond acceptors (Lipinski definition) is 1. The van der Waals surface area contributed by atoms with E-state index in [9.17, 15) is 0 Å². The molecule has 0 aliphatic carbocycles. The molecule has 0 fully saturated rings. The van der Waals surface area contributed by atoms with E-state index in [1.807, 2.05) is 6.92 Å². The highest BCUT2D eigenvalue weighted by Gasteiger charge is 2.09. The Hall–Kier alpha value is 0.0200. The Morgan fingerprint density at radius 3 is 2.58 bits per heavy atom. The second kappa shape index (κ2) is 4.31. The molecule has 1 nitrogen and oxygen atoms in total. The summed E-state index contributed by atoms with van der Waals surface area (Å²) >= 11 is 17.5.